The van der Waals surface area contributed by atoms with E-state index in [1.165, 1.54) is 0 Å². The molecule has 0 aliphatic carbocycles. The summed E-state index contributed by atoms with van der Waals surface area (Å²) in [6, 6.07) is 8.23. The van der Waals surface area contributed by atoms with Crippen LogP contribution in [-0.4, -0.2) is 38.9 Å². The van der Waals surface area contributed by atoms with Crippen molar-refractivity contribution in [2.75, 3.05) is 23.3 Å². The van der Waals surface area contributed by atoms with E-state index in [1.807, 2.05) is 19.1 Å². The van der Waals surface area contributed by atoms with Gasteiger partial charge in [0.1, 0.15) is 11.3 Å². The summed E-state index contributed by atoms with van der Waals surface area (Å²) in [6.45, 7) is 4.06. The summed E-state index contributed by atoms with van der Waals surface area (Å²) >= 11 is 0. The van der Waals surface area contributed by atoms with Crippen LogP contribution in [0.15, 0.2) is 30.6 Å². The molecule has 1 amide bonds. The highest BCUT2D eigenvalue weighted by atomic mass is 16.1. The SMILES string of the molecule is Cc1nc(NCc2ccccc2N2CCCC(C(N)=O)C2)c2[nH]cnc2n1. The van der Waals surface area contributed by atoms with Crippen LogP contribution < -0.4 is 16.0 Å². The minimum atomic E-state index is -0.214. The number of nitrogens with one attached hydrogen (secondary N) is 2. The van der Waals surface area contributed by atoms with Gasteiger partial charge in [0.15, 0.2) is 11.5 Å². The number of fused-ring (bicyclic) bond motifs is 1. The zero-order valence-corrected chi connectivity index (χ0v) is 15.3. The monoisotopic (exact) mass is 365 g/mol. The molecule has 3 aromatic rings. The van der Waals surface area contributed by atoms with Crippen LogP contribution in [0.4, 0.5) is 11.5 Å². The Morgan fingerprint density at radius 3 is 3.07 bits per heavy atom. The second kappa shape index (κ2) is 7.22. The van der Waals surface area contributed by atoms with Gasteiger partial charge in [-0.25, -0.2) is 15.0 Å². The van der Waals surface area contributed by atoms with Gasteiger partial charge in [-0.15, -0.1) is 0 Å². The normalized spacial score (nSPS) is 17.2. The molecule has 1 unspecified atom stereocenters. The highest BCUT2D eigenvalue weighted by Gasteiger charge is 2.25. The number of amides is 1. The predicted molar refractivity (Wildman–Crippen MR) is 104 cm³/mol. The van der Waals surface area contributed by atoms with Gasteiger partial charge in [0.25, 0.3) is 0 Å². The molecule has 3 heterocycles. The summed E-state index contributed by atoms with van der Waals surface area (Å²) in [5, 5.41) is 3.40. The number of aromatic nitrogens is 4. The number of imidazole rings is 1. The molecule has 27 heavy (non-hydrogen) atoms. The Balaban J connectivity index is 1.56. The lowest BCUT2D eigenvalue weighted by Gasteiger charge is -2.34. The summed E-state index contributed by atoms with van der Waals surface area (Å²) in [5.41, 5.74) is 9.26. The number of hydrogen-bond donors (Lipinski definition) is 3. The Bertz CT molecular complexity index is 968. The molecule has 4 rings (SSSR count). The number of nitrogens with zero attached hydrogens (tertiary/aromatic N) is 4. The minimum Gasteiger partial charge on any atom is -0.370 e. The minimum absolute atomic E-state index is 0.0890. The molecule has 140 valence electrons. The number of aryl methyl sites for hydroxylation is 1. The molecule has 0 bridgehead atoms. The molecule has 2 aromatic heterocycles. The number of anilines is 2. The second-order valence-corrected chi connectivity index (χ2v) is 6.89. The fraction of sp³-hybridized carbons (Fsp3) is 0.368. The number of aromatic amines is 1. The smallest absolute Gasteiger partial charge is 0.222 e. The number of benzene rings is 1. The lowest BCUT2D eigenvalue weighted by atomic mass is 9.96. The molecule has 1 fully saturated rings. The third kappa shape index (κ3) is 3.55. The van der Waals surface area contributed by atoms with Gasteiger partial charge in [-0.05, 0) is 31.4 Å². The largest absolute Gasteiger partial charge is 0.370 e. The number of carbonyl (C=O) groups excluding carboxylic acids is 1. The highest BCUT2D eigenvalue weighted by molar-refractivity contribution is 5.82. The number of H-pyrrole nitrogens is 1. The predicted octanol–water partition coefficient (Wildman–Crippen LogP) is 1.98. The molecule has 0 radical (unpaired) electrons. The van der Waals surface area contributed by atoms with Crippen molar-refractivity contribution in [1.82, 2.24) is 19.9 Å². The lowest BCUT2D eigenvalue weighted by molar-refractivity contribution is -0.122. The van der Waals surface area contributed by atoms with Crippen LogP contribution in [0.1, 0.15) is 24.2 Å². The maximum absolute atomic E-state index is 11.6. The van der Waals surface area contributed by atoms with E-state index in [1.54, 1.807) is 6.33 Å². The van der Waals surface area contributed by atoms with E-state index in [2.05, 4.69) is 42.3 Å². The first-order valence-electron chi connectivity index (χ1n) is 9.15. The van der Waals surface area contributed by atoms with E-state index < -0.39 is 0 Å². The number of para-hydroxylation sites is 1. The molecule has 8 nitrogen and oxygen atoms in total. The van der Waals surface area contributed by atoms with E-state index in [9.17, 15) is 4.79 Å². The summed E-state index contributed by atoms with van der Waals surface area (Å²) in [5.74, 6) is 1.10. The standard InChI is InChI=1S/C19H23N7O/c1-12-24-18(16-19(25-12)23-11-22-16)21-9-13-5-2-3-7-15(13)26-8-4-6-14(10-26)17(20)27/h2-3,5,7,11,14H,4,6,8-10H2,1H3,(H2,20,27)(H2,21,22,23,24,25). The third-order valence-corrected chi connectivity index (χ3v) is 5.00. The molecule has 1 atom stereocenters. The molecule has 4 N–H and O–H groups in total. The molecule has 1 aliphatic rings. The van der Waals surface area contributed by atoms with E-state index in [0.717, 1.165) is 42.0 Å². The van der Waals surface area contributed by atoms with Crippen molar-refractivity contribution < 1.29 is 4.79 Å². The van der Waals surface area contributed by atoms with Crippen molar-refractivity contribution in [3.8, 4) is 0 Å². The van der Waals surface area contributed by atoms with Crippen LogP contribution in [0.3, 0.4) is 0 Å². The first kappa shape index (κ1) is 17.3. The van der Waals surface area contributed by atoms with Crippen LogP contribution in [0, 0.1) is 12.8 Å². The number of rotatable bonds is 5. The van der Waals surface area contributed by atoms with Crippen LogP contribution in [0.25, 0.3) is 11.2 Å². The fourth-order valence-electron chi connectivity index (χ4n) is 3.65. The zero-order valence-electron chi connectivity index (χ0n) is 15.3. The van der Waals surface area contributed by atoms with Gasteiger partial charge in [-0.3, -0.25) is 4.79 Å². The van der Waals surface area contributed by atoms with E-state index in [-0.39, 0.29) is 11.8 Å². The van der Waals surface area contributed by atoms with Crippen LogP contribution in [0.5, 0.6) is 0 Å². The first-order valence-corrected chi connectivity index (χ1v) is 9.15. The molecule has 1 saturated heterocycles. The number of carbonyl (C=O) groups is 1. The van der Waals surface area contributed by atoms with E-state index in [0.29, 0.717) is 24.6 Å². The summed E-state index contributed by atoms with van der Waals surface area (Å²) in [4.78, 5) is 30.0. The zero-order chi connectivity index (χ0) is 18.8. The Morgan fingerprint density at radius 1 is 1.37 bits per heavy atom. The van der Waals surface area contributed by atoms with Crippen LogP contribution >= 0.6 is 0 Å². The quantitative estimate of drug-likeness (QED) is 0.637. The van der Waals surface area contributed by atoms with E-state index in [4.69, 9.17) is 5.73 Å². The molecule has 0 spiro atoms. The van der Waals surface area contributed by atoms with Gasteiger partial charge in [0, 0.05) is 25.3 Å². The third-order valence-electron chi connectivity index (χ3n) is 5.00. The van der Waals surface area contributed by atoms with Gasteiger partial charge in [-0.1, -0.05) is 18.2 Å². The average Bonchev–Trinajstić information content (AvgIpc) is 3.15. The lowest BCUT2D eigenvalue weighted by Crippen LogP contribution is -2.41. The maximum Gasteiger partial charge on any atom is 0.222 e. The number of nitrogens with two attached hydrogens (primary N) is 1. The molecular formula is C19H23N7O. The van der Waals surface area contributed by atoms with Crippen molar-refractivity contribution >= 4 is 28.6 Å². The fourth-order valence-corrected chi connectivity index (χ4v) is 3.65. The van der Waals surface area contributed by atoms with Gasteiger partial charge < -0.3 is 20.9 Å². The van der Waals surface area contributed by atoms with Gasteiger partial charge in [0.05, 0.1) is 12.2 Å². The first-order chi connectivity index (χ1) is 13.1. The Labute approximate surface area is 157 Å². The topological polar surface area (TPSA) is 113 Å². The Hall–Kier alpha value is -3.16. The number of primary amides is 1. The van der Waals surface area contributed by atoms with Crippen molar-refractivity contribution in [2.24, 2.45) is 11.7 Å². The summed E-state index contributed by atoms with van der Waals surface area (Å²) in [6.07, 6.45) is 3.45. The van der Waals surface area contributed by atoms with Crippen molar-refractivity contribution in [3.63, 3.8) is 0 Å². The van der Waals surface area contributed by atoms with Gasteiger partial charge >= 0.3 is 0 Å². The van der Waals surface area contributed by atoms with Crippen molar-refractivity contribution in [3.05, 3.63) is 42.0 Å². The van der Waals surface area contributed by atoms with Gasteiger partial charge in [0.2, 0.25) is 5.91 Å². The summed E-state index contributed by atoms with van der Waals surface area (Å²) < 4.78 is 0. The molecule has 0 saturated carbocycles. The van der Waals surface area contributed by atoms with Crippen LogP contribution in [0.2, 0.25) is 0 Å². The molecule has 1 aliphatic heterocycles. The molecular weight excluding hydrogens is 342 g/mol. The second-order valence-electron chi connectivity index (χ2n) is 6.89. The molecule has 1 aromatic carbocycles. The highest BCUT2D eigenvalue weighted by Crippen LogP contribution is 2.27. The Morgan fingerprint density at radius 2 is 2.22 bits per heavy atom. The number of piperidine rings is 1. The molecule has 8 heteroatoms. The number of hydrogen-bond acceptors (Lipinski definition) is 6. The summed E-state index contributed by atoms with van der Waals surface area (Å²) in [7, 11) is 0. The van der Waals surface area contributed by atoms with Crippen LogP contribution in [-0.2, 0) is 11.3 Å². The maximum atomic E-state index is 11.6. The Kier molecular flexibility index (Phi) is 4.62. The van der Waals surface area contributed by atoms with Crippen molar-refractivity contribution in [1.29, 1.82) is 0 Å². The van der Waals surface area contributed by atoms with Crippen molar-refractivity contribution in [2.45, 2.75) is 26.3 Å². The van der Waals surface area contributed by atoms with Gasteiger partial charge in [-0.2, -0.15) is 0 Å². The average molecular weight is 365 g/mol. The van der Waals surface area contributed by atoms with E-state index >= 15 is 0 Å².